The van der Waals surface area contributed by atoms with Crippen LogP contribution in [0.4, 0.5) is 19.2 Å². The van der Waals surface area contributed by atoms with Crippen LogP contribution < -0.4 is 5.32 Å². The molecule has 1 N–H and O–H groups in total. The first-order chi connectivity index (χ1) is 5.04. The maximum Gasteiger partial charge on any atom is 0.455 e. The lowest BCUT2D eigenvalue weighted by Gasteiger charge is -1.95. The summed E-state index contributed by atoms with van der Waals surface area (Å²) < 4.78 is 39.3. The SMILES string of the molecule is CNc1nc(C(F)(F)F)no1. The number of hydrogen-bond donors (Lipinski definition) is 1. The molecule has 0 saturated carbocycles. The van der Waals surface area contributed by atoms with Crippen molar-refractivity contribution in [3.8, 4) is 0 Å². The van der Waals surface area contributed by atoms with E-state index >= 15 is 0 Å². The Bertz CT molecular complexity index is 243. The molecule has 0 aliphatic rings. The first kappa shape index (κ1) is 7.83. The van der Waals surface area contributed by atoms with Crippen LogP contribution in [-0.2, 0) is 6.18 Å². The van der Waals surface area contributed by atoms with Crippen molar-refractivity contribution in [2.45, 2.75) is 6.18 Å². The first-order valence-corrected chi connectivity index (χ1v) is 2.62. The van der Waals surface area contributed by atoms with E-state index in [4.69, 9.17) is 0 Å². The second-order valence-electron chi connectivity index (χ2n) is 1.67. The van der Waals surface area contributed by atoms with Gasteiger partial charge in [-0.2, -0.15) is 18.2 Å². The Kier molecular flexibility index (Phi) is 1.71. The van der Waals surface area contributed by atoms with E-state index in [2.05, 4.69) is 20.0 Å². The van der Waals surface area contributed by atoms with Crippen LogP contribution in [0.3, 0.4) is 0 Å². The molecule has 62 valence electrons. The van der Waals surface area contributed by atoms with E-state index < -0.39 is 12.0 Å². The van der Waals surface area contributed by atoms with Crippen LogP contribution in [0.1, 0.15) is 5.82 Å². The topological polar surface area (TPSA) is 51.0 Å². The minimum absolute atomic E-state index is 0.252. The third-order valence-electron chi connectivity index (χ3n) is 0.893. The van der Waals surface area contributed by atoms with E-state index in [0.717, 1.165) is 0 Å². The van der Waals surface area contributed by atoms with Gasteiger partial charge in [0.15, 0.2) is 0 Å². The fraction of sp³-hybridized carbons (Fsp3) is 0.500. The van der Waals surface area contributed by atoms with Crippen molar-refractivity contribution in [1.82, 2.24) is 10.1 Å². The number of halogens is 3. The van der Waals surface area contributed by atoms with Crippen molar-refractivity contribution >= 4 is 6.01 Å². The Morgan fingerprint density at radius 1 is 1.45 bits per heavy atom. The van der Waals surface area contributed by atoms with E-state index in [0.29, 0.717) is 0 Å². The normalized spacial score (nSPS) is 11.6. The number of rotatable bonds is 1. The molecule has 0 radical (unpaired) electrons. The van der Waals surface area contributed by atoms with Crippen LogP contribution in [0.25, 0.3) is 0 Å². The zero-order valence-corrected chi connectivity index (χ0v) is 5.44. The quantitative estimate of drug-likeness (QED) is 0.681. The molecule has 11 heavy (non-hydrogen) atoms. The predicted octanol–water partition coefficient (Wildman–Crippen LogP) is 1.13. The highest BCUT2D eigenvalue weighted by molar-refractivity contribution is 5.16. The Morgan fingerprint density at radius 2 is 2.09 bits per heavy atom. The van der Waals surface area contributed by atoms with Crippen molar-refractivity contribution in [3.05, 3.63) is 5.82 Å². The Balaban J connectivity index is 2.89. The van der Waals surface area contributed by atoms with Crippen molar-refractivity contribution in [3.63, 3.8) is 0 Å². The fourth-order valence-corrected chi connectivity index (χ4v) is 0.440. The highest BCUT2D eigenvalue weighted by Gasteiger charge is 2.37. The molecule has 4 nitrogen and oxygen atoms in total. The van der Waals surface area contributed by atoms with E-state index in [1.807, 2.05) is 0 Å². The molecule has 0 fully saturated rings. The average Bonchev–Trinajstić information content (AvgIpc) is 2.32. The molecule has 0 aliphatic carbocycles. The zero-order chi connectivity index (χ0) is 8.48. The maximum atomic E-state index is 11.7. The largest absolute Gasteiger partial charge is 0.455 e. The molecule has 1 aromatic rings. The van der Waals surface area contributed by atoms with Crippen molar-refractivity contribution in [2.24, 2.45) is 0 Å². The molecule has 0 amide bonds. The first-order valence-electron chi connectivity index (χ1n) is 2.62. The van der Waals surface area contributed by atoms with Crippen LogP contribution in [-0.4, -0.2) is 17.2 Å². The summed E-state index contributed by atoms with van der Waals surface area (Å²) in [7, 11) is 1.38. The van der Waals surface area contributed by atoms with Gasteiger partial charge in [0.1, 0.15) is 0 Å². The van der Waals surface area contributed by atoms with Crippen LogP contribution in [0, 0.1) is 0 Å². The predicted molar refractivity (Wildman–Crippen MR) is 28.8 cm³/mol. The zero-order valence-electron chi connectivity index (χ0n) is 5.44. The standard InChI is InChI=1S/C4H4F3N3O/c1-8-3-9-2(10-11-3)4(5,6)7/h1H3,(H,8,9,10). The molecule has 0 bridgehead atoms. The molecule has 7 heteroatoms. The van der Waals surface area contributed by atoms with E-state index in [1.54, 1.807) is 0 Å². The van der Waals surface area contributed by atoms with Gasteiger partial charge in [-0.15, -0.1) is 0 Å². The van der Waals surface area contributed by atoms with E-state index in [-0.39, 0.29) is 6.01 Å². The van der Waals surface area contributed by atoms with E-state index in [1.165, 1.54) is 7.05 Å². The summed E-state index contributed by atoms with van der Waals surface area (Å²) in [6, 6.07) is -0.252. The number of anilines is 1. The maximum absolute atomic E-state index is 11.7. The summed E-state index contributed by atoms with van der Waals surface area (Å²) in [6.07, 6.45) is -4.54. The van der Waals surface area contributed by atoms with Gasteiger partial charge < -0.3 is 9.84 Å². The molecule has 1 heterocycles. The molecule has 0 spiro atoms. The summed E-state index contributed by atoms with van der Waals surface area (Å²) in [5.74, 6) is -1.28. The number of nitrogens with zero attached hydrogens (tertiary/aromatic N) is 2. The number of nitrogens with one attached hydrogen (secondary N) is 1. The van der Waals surface area contributed by atoms with E-state index in [9.17, 15) is 13.2 Å². The molecule has 0 aliphatic heterocycles. The van der Waals surface area contributed by atoms with Gasteiger partial charge in [0, 0.05) is 7.05 Å². The minimum Gasteiger partial charge on any atom is -0.341 e. The molecule has 1 rings (SSSR count). The summed E-state index contributed by atoms with van der Waals surface area (Å²) in [5.41, 5.74) is 0. The van der Waals surface area contributed by atoms with Crippen LogP contribution >= 0.6 is 0 Å². The third-order valence-corrected chi connectivity index (χ3v) is 0.893. The summed E-state index contributed by atoms with van der Waals surface area (Å²) in [4.78, 5) is 2.99. The lowest BCUT2D eigenvalue weighted by molar-refractivity contribution is -0.146. The van der Waals surface area contributed by atoms with Crippen LogP contribution in [0.5, 0.6) is 0 Å². The second-order valence-corrected chi connectivity index (χ2v) is 1.67. The number of hydrogen-bond acceptors (Lipinski definition) is 4. The summed E-state index contributed by atoms with van der Waals surface area (Å²) in [6.45, 7) is 0. The molecule has 0 aromatic carbocycles. The lowest BCUT2D eigenvalue weighted by Crippen LogP contribution is -2.07. The molecule has 1 aromatic heterocycles. The molecular weight excluding hydrogens is 163 g/mol. The van der Waals surface area contributed by atoms with Crippen molar-refractivity contribution in [2.75, 3.05) is 12.4 Å². The molecular formula is C4H4F3N3O. The lowest BCUT2D eigenvalue weighted by atomic mass is 10.6. The van der Waals surface area contributed by atoms with Crippen molar-refractivity contribution in [1.29, 1.82) is 0 Å². The van der Waals surface area contributed by atoms with Gasteiger partial charge in [-0.25, -0.2) is 0 Å². The van der Waals surface area contributed by atoms with Gasteiger partial charge >= 0.3 is 12.2 Å². The monoisotopic (exact) mass is 167 g/mol. The Labute approximate surface area is 59.4 Å². The molecule has 0 atom stereocenters. The number of aromatic nitrogens is 2. The summed E-state index contributed by atoms with van der Waals surface area (Å²) >= 11 is 0. The van der Waals surface area contributed by atoms with Gasteiger partial charge in [-0.05, 0) is 5.16 Å². The Morgan fingerprint density at radius 3 is 2.36 bits per heavy atom. The highest BCUT2D eigenvalue weighted by atomic mass is 19.4. The Hall–Kier alpha value is -1.27. The van der Waals surface area contributed by atoms with Gasteiger partial charge in [-0.1, -0.05) is 0 Å². The van der Waals surface area contributed by atoms with Gasteiger partial charge in [0.2, 0.25) is 0 Å². The van der Waals surface area contributed by atoms with Gasteiger partial charge in [0.05, 0.1) is 0 Å². The third kappa shape index (κ3) is 1.60. The fourth-order valence-electron chi connectivity index (χ4n) is 0.440. The summed E-state index contributed by atoms with van der Waals surface area (Å²) in [5, 5.41) is 4.96. The highest BCUT2D eigenvalue weighted by Crippen LogP contribution is 2.26. The average molecular weight is 167 g/mol. The second kappa shape index (κ2) is 2.40. The molecule has 0 saturated heterocycles. The minimum atomic E-state index is -4.54. The van der Waals surface area contributed by atoms with Crippen LogP contribution in [0.2, 0.25) is 0 Å². The molecule has 0 unspecified atom stereocenters. The smallest absolute Gasteiger partial charge is 0.341 e. The van der Waals surface area contributed by atoms with Gasteiger partial charge in [-0.3, -0.25) is 0 Å². The number of alkyl halides is 3. The van der Waals surface area contributed by atoms with Gasteiger partial charge in [0.25, 0.3) is 5.82 Å². The van der Waals surface area contributed by atoms with Crippen LogP contribution in [0.15, 0.2) is 4.52 Å². The van der Waals surface area contributed by atoms with Crippen molar-refractivity contribution < 1.29 is 17.7 Å².